The average Bonchev–Trinajstić information content (AvgIpc) is 2.20. The summed E-state index contributed by atoms with van der Waals surface area (Å²) in [7, 11) is 0. The molecule has 0 aromatic heterocycles. The molecule has 0 saturated carbocycles. The standard InChI is InChI=1S/C12H14O2S/c1-9(12(13)14)5-4-7-10-6-2-3-8-11(10)15/h2-3,6H,1,4-5,7-8H2,(H,13,14). The van der Waals surface area contributed by atoms with Crippen molar-refractivity contribution in [3.05, 3.63) is 36.0 Å². The molecule has 0 amide bonds. The molecular weight excluding hydrogens is 208 g/mol. The second-order valence-corrected chi connectivity index (χ2v) is 4.00. The number of allylic oxidation sites excluding steroid dienone is 4. The predicted octanol–water partition coefficient (Wildman–Crippen LogP) is 3.05. The Morgan fingerprint density at radius 3 is 2.93 bits per heavy atom. The molecule has 0 bridgehead atoms. The number of rotatable bonds is 5. The maximum atomic E-state index is 10.5. The minimum atomic E-state index is -0.907. The van der Waals surface area contributed by atoms with Crippen molar-refractivity contribution >= 4 is 23.1 Å². The van der Waals surface area contributed by atoms with Crippen LogP contribution in [0.4, 0.5) is 0 Å². The van der Waals surface area contributed by atoms with E-state index in [1.54, 1.807) is 0 Å². The number of hydrogen-bond acceptors (Lipinski definition) is 2. The number of carboxylic acids is 1. The van der Waals surface area contributed by atoms with Crippen molar-refractivity contribution in [3.8, 4) is 0 Å². The Kier molecular flexibility index (Phi) is 4.43. The highest BCUT2D eigenvalue weighted by molar-refractivity contribution is 7.80. The Hall–Kier alpha value is -1.22. The summed E-state index contributed by atoms with van der Waals surface area (Å²) in [5.74, 6) is -0.907. The Morgan fingerprint density at radius 1 is 1.60 bits per heavy atom. The van der Waals surface area contributed by atoms with Gasteiger partial charge in [0.15, 0.2) is 0 Å². The molecule has 3 heteroatoms. The first-order chi connectivity index (χ1) is 7.11. The van der Waals surface area contributed by atoms with Crippen LogP contribution >= 0.6 is 12.2 Å². The molecule has 0 aromatic rings. The van der Waals surface area contributed by atoms with Crippen molar-refractivity contribution in [2.24, 2.45) is 0 Å². The fourth-order valence-corrected chi connectivity index (χ4v) is 1.67. The molecule has 0 spiro atoms. The van der Waals surface area contributed by atoms with Gasteiger partial charge in [0.25, 0.3) is 0 Å². The summed E-state index contributed by atoms with van der Waals surface area (Å²) in [5, 5.41) is 8.62. The summed E-state index contributed by atoms with van der Waals surface area (Å²) in [5.41, 5.74) is 1.43. The first-order valence-corrected chi connectivity index (χ1v) is 5.32. The summed E-state index contributed by atoms with van der Waals surface area (Å²) >= 11 is 5.20. The molecule has 0 aromatic carbocycles. The Bertz CT molecular complexity index is 351. The second-order valence-electron chi connectivity index (χ2n) is 3.51. The number of carboxylic acid groups (broad SMARTS) is 1. The lowest BCUT2D eigenvalue weighted by Gasteiger charge is -2.10. The maximum absolute atomic E-state index is 10.5. The van der Waals surface area contributed by atoms with Gasteiger partial charge in [0, 0.05) is 16.9 Å². The van der Waals surface area contributed by atoms with Gasteiger partial charge in [-0.25, -0.2) is 4.79 Å². The third-order valence-corrected chi connectivity index (χ3v) is 2.75. The van der Waals surface area contributed by atoms with Gasteiger partial charge in [0.2, 0.25) is 0 Å². The van der Waals surface area contributed by atoms with Gasteiger partial charge in [-0.2, -0.15) is 0 Å². The van der Waals surface area contributed by atoms with Crippen molar-refractivity contribution in [1.29, 1.82) is 0 Å². The number of carbonyl (C=O) groups is 1. The van der Waals surface area contributed by atoms with Crippen molar-refractivity contribution in [2.45, 2.75) is 25.7 Å². The zero-order chi connectivity index (χ0) is 11.3. The molecule has 15 heavy (non-hydrogen) atoms. The summed E-state index contributed by atoms with van der Waals surface area (Å²) in [4.78, 5) is 11.5. The molecule has 0 unspecified atom stereocenters. The van der Waals surface area contributed by atoms with Crippen molar-refractivity contribution in [1.82, 2.24) is 0 Å². The third kappa shape index (κ3) is 3.80. The molecule has 0 heterocycles. The molecule has 1 aliphatic carbocycles. The molecule has 2 nitrogen and oxygen atoms in total. The summed E-state index contributed by atoms with van der Waals surface area (Å²) in [6, 6.07) is 0. The van der Waals surface area contributed by atoms with E-state index < -0.39 is 5.97 Å². The van der Waals surface area contributed by atoms with Gasteiger partial charge in [-0.1, -0.05) is 37.0 Å². The first-order valence-electron chi connectivity index (χ1n) is 4.91. The number of hydrogen-bond donors (Lipinski definition) is 1. The average molecular weight is 222 g/mol. The van der Waals surface area contributed by atoms with Crippen LogP contribution in [0.2, 0.25) is 0 Å². The summed E-state index contributed by atoms with van der Waals surface area (Å²) < 4.78 is 0. The molecule has 1 rings (SSSR count). The van der Waals surface area contributed by atoms with Crippen LogP contribution in [0.3, 0.4) is 0 Å². The molecule has 1 N–H and O–H groups in total. The number of aliphatic carboxylic acids is 1. The van der Waals surface area contributed by atoms with Crippen LogP contribution in [0.1, 0.15) is 25.7 Å². The lowest BCUT2D eigenvalue weighted by atomic mass is 9.98. The highest BCUT2D eigenvalue weighted by Gasteiger charge is 2.08. The van der Waals surface area contributed by atoms with E-state index >= 15 is 0 Å². The van der Waals surface area contributed by atoms with E-state index in [0.29, 0.717) is 6.42 Å². The van der Waals surface area contributed by atoms with Crippen LogP contribution in [-0.4, -0.2) is 15.9 Å². The van der Waals surface area contributed by atoms with E-state index in [9.17, 15) is 4.79 Å². The fourth-order valence-electron chi connectivity index (χ4n) is 1.41. The molecule has 1 aliphatic rings. The fraction of sp³-hybridized carbons (Fsp3) is 0.333. The van der Waals surface area contributed by atoms with Crippen LogP contribution in [0, 0.1) is 0 Å². The first kappa shape index (κ1) is 11.9. The molecule has 80 valence electrons. The van der Waals surface area contributed by atoms with Crippen molar-refractivity contribution in [3.63, 3.8) is 0 Å². The largest absolute Gasteiger partial charge is 0.478 e. The second kappa shape index (κ2) is 5.61. The summed E-state index contributed by atoms with van der Waals surface area (Å²) in [6.45, 7) is 3.49. The molecular formula is C12H14O2S. The zero-order valence-electron chi connectivity index (χ0n) is 8.53. The molecule has 0 radical (unpaired) electrons. The van der Waals surface area contributed by atoms with E-state index in [4.69, 9.17) is 17.3 Å². The van der Waals surface area contributed by atoms with Gasteiger partial charge in [-0.3, -0.25) is 0 Å². The zero-order valence-corrected chi connectivity index (χ0v) is 9.35. The van der Waals surface area contributed by atoms with Crippen LogP contribution in [0.25, 0.3) is 0 Å². The van der Waals surface area contributed by atoms with Gasteiger partial charge in [-0.15, -0.1) is 0 Å². The van der Waals surface area contributed by atoms with Crippen molar-refractivity contribution in [2.75, 3.05) is 0 Å². The van der Waals surface area contributed by atoms with E-state index in [-0.39, 0.29) is 5.57 Å². The minimum Gasteiger partial charge on any atom is -0.478 e. The maximum Gasteiger partial charge on any atom is 0.330 e. The highest BCUT2D eigenvalue weighted by atomic mass is 32.1. The van der Waals surface area contributed by atoms with Crippen LogP contribution in [-0.2, 0) is 4.79 Å². The molecule has 0 fully saturated rings. The van der Waals surface area contributed by atoms with E-state index in [1.807, 2.05) is 18.2 Å². The van der Waals surface area contributed by atoms with E-state index in [1.165, 1.54) is 0 Å². The van der Waals surface area contributed by atoms with E-state index in [0.717, 1.165) is 29.7 Å². The Morgan fingerprint density at radius 2 is 2.33 bits per heavy atom. The SMILES string of the molecule is C=C(CCCC1=CC=CCC1=S)C(=O)O. The van der Waals surface area contributed by atoms with Gasteiger partial charge < -0.3 is 5.11 Å². The predicted molar refractivity (Wildman–Crippen MR) is 65.1 cm³/mol. The van der Waals surface area contributed by atoms with Gasteiger partial charge in [-0.05, 0) is 24.8 Å². The highest BCUT2D eigenvalue weighted by Crippen LogP contribution is 2.17. The third-order valence-electron chi connectivity index (χ3n) is 2.32. The lowest BCUT2D eigenvalue weighted by Crippen LogP contribution is -2.03. The Labute approximate surface area is 95.0 Å². The quantitative estimate of drug-likeness (QED) is 0.574. The monoisotopic (exact) mass is 222 g/mol. The van der Waals surface area contributed by atoms with Gasteiger partial charge in [0.1, 0.15) is 0 Å². The lowest BCUT2D eigenvalue weighted by molar-refractivity contribution is -0.132. The Balaban J connectivity index is 2.34. The van der Waals surface area contributed by atoms with Crippen LogP contribution in [0.15, 0.2) is 36.0 Å². The van der Waals surface area contributed by atoms with Crippen LogP contribution < -0.4 is 0 Å². The molecule has 0 saturated heterocycles. The van der Waals surface area contributed by atoms with Gasteiger partial charge >= 0.3 is 5.97 Å². The minimum absolute atomic E-state index is 0.271. The molecule has 0 atom stereocenters. The van der Waals surface area contributed by atoms with Crippen LogP contribution in [0.5, 0.6) is 0 Å². The smallest absolute Gasteiger partial charge is 0.330 e. The topological polar surface area (TPSA) is 37.3 Å². The molecule has 0 aliphatic heterocycles. The van der Waals surface area contributed by atoms with Gasteiger partial charge in [0.05, 0.1) is 0 Å². The summed E-state index contributed by atoms with van der Waals surface area (Å²) in [6.07, 6.45) is 9.04. The van der Waals surface area contributed by atoms with E-state index in [2.05, 4.69) is 6.58 Å². The van der Waals surface area contributed by atoms with Crippen molar-refractivity contribution < 1.29 is 9.90 Å². The normalized spacial score (nSPS) is 14.9. The number of thiocarbonyl (C=S) groups is 1.